The zero-order valence-corrected chi connectivity index (χ0v) is 9.95. The number of rotatable bonds is 2. The number of hydrogen-bond acceptors (Lipinski definition) is 2. The highest BCUT2D eigenvalue weighted by Crippen LogP contribution is 2.29. The second-order valence-electron chi connectivity index (χ2n) is 4.20. The van der Waals surface area contributed by atoms with Gasteiger partial charge in [0, 0.05) is 5.39 Å². The summed E-state index contributed by atoms with van der Waals surface area (Å²) in [6.45, 7) is 0. The summed E-state index contributed by atoms with van der Waals surface area (Å²) >= 11 is 0. The minimum Gasteiger partial charge on any atom is -0.279 e. The van der Waals surface area contributed by atoms with E-state index in [4.69, 9.17) is 5.84 Å². The molecule has 0 aliphatic rings. The molecule has 2 N–H and O–H groups in total. The summed E-state index contributed by atoms with van der Waals surface area (Å²) < 4.78 is 0. The van der Waals surface area contributed by atoms with Crippen molar-refractivity contribution in [2.24, 2.45) is 5.84 Å². The second-order valence-corrected chi connectivity index (χ2v) is 4.20. The molecule has 0 saturated heterocycles. The van der Waals surface area contributed by atoms with E-state index in [1.54, 1.807) is 5.01 Å². The van der Waals surface area contributed by atoms with Crippen LogP contribution in [0.2, 0.25) is 0 Å². The Kier molecular flexibility index (Phi) is 2.71. The molecule has 2 heteroatoms. The van der Waals surface area contributed by atoms with Gasteiger partial charge in [0.15, 0.2) is 0 Å². The van der Waals surface area contributed by atoms with Crippen LogP contribution in [0.5, 0.6) is 0 Å². The van der Waals surface area contributed by atoms with Crippen LogP contribution in [-0.2, 0) is 0 Å². The Morgan fingerprint density at radius 1 is 0.667 bits per heavy atom. The third-order valence-corrected chi connectivity index (χ3v) is 3.06. The number of hydrogen-bond donors (Lipinski definition) is 1. The average Bonchev–Trinajstić information content (AvgIpc) is 2.47. The molecule has 0 fully saturated rings. The molecule has 0 aromatic heterocycles. The molecule has 3 aromatic carbocycles. The van der Waals surface area contributed by atoms with Crippen LogP contribution >= 0.6 is 0 Å². The van der Waals surface area contributed by atoms with E-state index in [1.165, 1.54) is 5.39 Å². The van der Waals surface area contributed by atoms with Gasteiger partial charge in [-0.2, -0.15) is 0 Å². The van der Waals surface area contributed by atoms with E-state index in [0.717, 1.165) is 16.8 Å². The lowest BCUT2D eigenvalue weighted by Gasteiger charge is -2.20. The highest BCUT2D eigenvalue weighted by molar-refractivity contribution is 5.95. The Hall–Kier alpha value is -2.32. The molecule has 0 unspecified atom stereocenters. The normalized spacial score (nSPS) is 10.5. The van der Waals surface area contributed by atoms with Crippen LogP contribution in [0.1, 0.15) is 0 Å². The zero-order valence-electron chi connectivity index (χ0n) is 9.95. The van der Waals surface area contributed by atoms with Gasteiger partial charge in [-0.1, -0.05) is 54.6 Å². The van der Waals surface area contributed by atoms with E-state index in [-0.39, 0.29) is 0 Å². The highest BCUT2D eigenvalue weighted by Gasteiger charge is 2.07. The van der Waals surface area contributed by atoms with Gasteiger partial charge in [-0.25, -0.2) is 5.84 Å². The van der Waals surface area contributed by atoms with Gasteiger partial charge < -0.3 is 0 Å². The van der Waals surface area contributed by atoms with E-state index in [1.807, 2.05) is 54.6 Å². The maximum absolute atomic E-state index is 6.22. The molecule has 0 spiro atoms. The molecule has 0 amide bonds. The minimum atomic E-state index is 0.980. The number of nitrogens with zero attached hydrogens (tertiary/aromatic N) is 1. The number of hydrazine groups is 1. The van der Waals surface area contributed by atoms with E-state index in [9.17, 15) is 0 Å². The number of nitrogens with two attached hydrogens (primary N) is 1. The van der Waals surface area contributed by atoms with Crippen LogP contribution in [0.15, 0.2) is 72.8 Å². The van der Waals surface area contributed by atoms with Gasteiger partial charge in [0.25, 0.3) is 0 Å². The first-order chi connectivity index (χ1) is 8.86. The Morgan fingerprint density at radius 2 is 1.33 bits per heavy atom. The molecule has 0 aliphatic heterocycles. The lowest BCUT2D eigenvalue weighted by atomic mass is 10.1. The first-order valence-electron chi connectivity index (χ1n) is 5.94. The van der Waals surface area contributed by atoms with Crippen molar-refractivity contribution in [1.29, 1.82) is 0 Å². The van der Waals surface area contributed by atoms with Crippen molar-refractivity contribution in [2.45, 2.75) is 0 Å². The molecule has 0 saturated carbocycles. The van der Waals surface area contributed by atoms with Crippen molar-refractivity contribution in [3.05, 3.63) is 72.8 Å². The monoisotopic (exact) mass is 234 g/mol. The average molecular weight is 234 g/mol. The lowest BCUT2D eigenvalue weighted by Crippen LogP contribution is -2.24. The molecule has 0 radical (unpaired) electrons. The number of anilines is 2. The standard InChI is InChI=1S/C16H14N2/c17-18(14-9-2-1-3-10-14)16-12-6-8-13-7-4-5-11-15(13)16/h1-12H,17H2. The molecule has 88 valence electrons. The number of benzene rings is 3. The van der Waals surface area contributed by atoms with Crippen molar-refractivity contribution in [3.63, 3.8) is 0 Å². The molecule has 2 nitrogen and oxygen atoms in total. The van der Waals surface area contributed by atoms with Gasteiger partial charge in [0.1, 0.15) is 0 Å². The minimum absolute atomic E-state index is 0.980. The van der Waals surface area contributed by atoms with Crippen LogP contribution in [0, 0.1) is 0 Å². The Balaban J connectivity index is 2.15. The third-order valence-electron chi connectivity index (χ3n) is 3.06. The largest absolute Gasteiger partial charge is 0.279 e. The summed E-state index contributed by atoms with van der Waals surface area (Å²) in [5, 5.41) is 4.08. The molecule has 0 atom stereocenters. The predicted molar refractivity (Wildman–Crippen MR) is 76.7 cm³/mol. The molecule has 3 rings (SSSR count). The summed E-state index contributed by atoms with van der Waals surface area (Å²) in [5.74, 6) is 6.22. The quantitative estimate of drug-likeness (QED) is 0.539. The zero-order chi connectivity index (χ0) is 12.4. The van der Waals surface area contributed by atoms with Gasteiger partial charge in [0.05, 0.1) is 11.4 Å². The first kappa shape index (κ1) is 10.8. The lowest BCUT2D eigenvalue weighted by molar-refractivity contribution is 1.10. The van der Waals surface area contributed by atoms with Crippen LogP contribution in [0.4, 0.5) is 11.4 Å². The second kappa shape index (κ2) is 4.51. The van der Waals surface area contributed by atoms with Gasteiger partial charge in [-0.3, -0.25) is 5.01 Å². The van der Waals surface area contributed by atoms with Crippen LogP contribution in [-0.4, -0.2) is 0 Å². The van der Waals surface area contributed by atoms with E-state index in [2.05, 4.69) is 18.2 Å². The van der Waals surface area contributed by atoms with Gasteiger partial charge in [-0.05, 0) is 23.6 Å². The predicted octanol–water partition coefficient (Wildman–Crippen LogP) is 3.85. The SMILES string of the molecule is NN(c1ccccc1)c1cccc2ccccc12. The summed E-state index contributed by atoms with van der Waals surface area (Å²) in [5.41, 5.74) is 1.99. The van der Waals surface area contributed by atoms with Crippen molar-refractivity contribution >= 4 is 22.1 Å². The van der Waals surface area contributed by atoms with Crippen molar-refractivity contribution in [3.8, 4) is 0 Å². The fourth-order valence-electron chi connectivity index (χ4n) is 2.15. The third kappa shape index (κ3) is 1.83. The van der Waals surface area contributed by atoms with Crippen LogP contribution < -0.4 is 10.9 Å². The van der Waals surface area contributed by atoms with E-state index >= 15 is 0 Å². The Labute approximate surface area is 106 Å². The summed E-state index contributed by atoms with van der Waals surface area (Å²) in [6, 6.07) is 24.4. The molecule has 0 bridgehead atoms. The maximum atomic E-state index is 6.22. The Morgan fingerprint density at radius 3 is 2.17 bits per heavy atom. The van der Waals surface area contributed by atoms with Crippen molar-refractivity contribution < 1.29 is 0 Å². The topological polar surface area (TPSA) is 29.3 Å². The molecular formula is C16H14N2. The fourth-order valence-corrected chi connectivity index (χ4v) is 2.15. The van der Waals surface area contributed by atoms with Gasteiger partial charge in [0.2, 0.25) is 0 Å². The molecule has 3 aromatic rings. The number of para-hydroxylation sites is 1. The van der Waals surface area contributed by atoms with Gasteiger partial charge >= 0.3 is 0 Å². The molecule has 0 aliphatic carbocycles. The van der Waals surface area contributed by atoms with Crippen LogP contribution in [0.3, 0.4) is 0 Å². The van der Waals surface area contributed by atoms with E-state index < -0.39 is 0 Å². The summed E-state index contributed by atoms with van der Waals surface area (Å²) in [6.07, 6.45) is 0. The first-order valence-corrected chi connectivity index (χ1v) is 5.94. The molecule has 0 heterocycles. The van der Waals surface area contributed by atoms with E-state index in [0.29, 0.717) is 0 Å². The summed E-state index contributed by atoms with van der Waals surface area (Å²) in [4.78, 5) is 0. The van der Waals surface area contributed by atoms with Gasteiger partial charge in [-0.15, -0.1) is 0 Å². The van der Waals surface area contributed by atoms with Crippen molar-refractivity contribution in [2.75, 3.05) is 5.01 Å². The molecule has 18 heavy (non-hydrogen) atoms. The smallest absolute Gasteiger partial charge is 0.0653 e. The Bertz CT molecular complexity index is 657. The highest BCUT2D eigenvalue weighted by atomic mass is 15.4. The maximum Gasteiger partial charge on any atom is 0.0653 e. The van der Waals surface area contributed by atoms with Crippen molar-refractivity contribution in [1.82, 2.24) is 0 Å². The fraction of sp³-hybridized carbons (Fsp3) is 0. The summed E-state index contributed by atoms with van der Waals surface area (Å²) in [7, 11) is 0. The molecular weight excluding hydrogens is 220 g/mol. The number of fused-ring (bicyclic) bond motifs is 1. The van der Waals surface area contributed by atoms with Crippen LogP contribution in [0.25, 0.3) is 10.8 Å².